The van der Waals surface area contributed by atoms with Gasteiger partial charge in [-0.25, -0.2) is 14.5 Å². The summed E-state index contributed by atoms with van der Waals surface area (Å²) < 4.78 is 1.52. The van der Waals surface area contributed by atoms with Gasteiger partial charge in [0.15, 0.2) is 5.13 Å². The number of aromatic nitrogens is 5. The Morgan fingerprint density at radius 3 is 2.96 bits per heavy atom. The molecule has 9 nitrogen and oxygen atoms in total. The van der Waals surface area contributed by atoms with Crippen LogP contribution in [0.1, 0.15) is 29.2 Å². The van der Waals surface area contributed by atoms with Gasteiger partial charge in [0, 0.05) is 30.0 Å². The molecule has 2 amide bonds. The van der Waals surface area contributed by atoms with Crippen molar-refractivity contribution in [1.29, 1.82) is 0 Å². The zero-order valence-electron chi connectivity index (χ0n) is 13.4. The summed E-state index contributed by atoms with van der Waals surface area (Å²) in [6, 6.07) is 1.24. The van der Waals surface area contributed by atoms with Gasteiger partial charge in [-0.2, -0.15) is 4.98 Å². The van der Waals surface area contributed by atoms with E-state index in [0.717, 1.165) is 12.1 Å². The van der Waals surface area contributed by atoms with Gasteiger partial charge in [0.2, 0.25) is 11.7 Å². The molecule has 0 aliphatic carbocycles. The number of hydrogen-bond acceptors (Lipinski definition) is 7. The normalized spacial score (nSPS) is 17.2. The maximum atomic E-state index is 12.8. The number of nitrogens with zero attached hydrogens (tertiary/aromatic N) is 6. The Kier molecular flexibility index (Phi) is 3.88. The first-order valence-corrected chi connectivity index (χ1v) is 8.71. The van der Waals surface area contributed by atoms with Gasteiger partial charge in [-0.1, -0.05) is 0 Å². The van der Waals surface area contributed by atoms with E-state index >= 15 is 0 Å². The smallest absolute Gasteiger partial charge is 0.294 e. The van der Waals surface area contributed by atoms with Crippen molar-refractivity contribution in [2.75, 3.05) is 11.9 Å². The fourth-order valence-electron chi connectivity index (χ4n) is 2.88. The SMILES string of the molecule is Cc1ccnc2nc(C(=O)N3CCCC3C(=O)Nc3nccs3)nn12. The molecule has 1 atom stereocenters. The minimum Gasteiger partial charge on any atom is -0.324 e. The number of anilines is 1. The van der Waals surface area contributed by atoms with Gasteiger partial charge in [0.25, 0.3) is 11.7 Å². The zero-order chi connectivity index (χ0) is 17.4. The monoisotopic (exact) mass is 357 g/mol. The second-order valence-corrected chi connectivity index (χ2v) is 6.61. The van der Waals surface area contributed by atoms with Crippen LogP contribution in [0.15, 0.2) is 23.8 Å². The number of aryl methyl sites for hydroxylation is 1. The fraction of sp³-hybridized carbons (Fsp3) is 0.333. The lowest BCUT2D eigenvalue weighted by Gasteiger charge is -2.22. The average Bonchev–Trinajstić information content (AvgIpc) is 3.34. The van der Waals surface area contributed by atoms with Crippen LogP contribution in [0.25, 0.3) is 5.78 Å². The Morgan fingerprint density at radius 1 is 1.32 bits per heavy atom. The molecule has 25 heavy (non-hydrogen) atoms. The largest absolute Gasteiger partial charge is 0.324 e. The van der Waals surface area contributed by atoms with E-state index in [2.05, 4.69) is 25.4 Å². The molecule has 1 fully saturated rings. The topological polar surface area (TPSA) is 105 Å². The highest BCUT2D eigenvalue weighted by Gasteiger charge is 2.36. The van der Waals surface area contributed by atoms with E-state index in [-0.39, 0.29) is 17.6 Å². The molecule has 10 heteroatoms. The first-order valence-electron chi connectivity index (χ1n) is 7.83. The molecule has 1 aliphatic rings. The van der Waals surface area contributed by atoms with E-state index in [1.165, 1.54) is 20.8 Å². The summed E-state index contributed by atoms with van der Waals surface area (Å²) in [7, 11) is 0. The second kappa shape index (κ2) is 6.20. The molecular weight excluding hydrogens is 342 g/mol. The standard InChI is InChI=1S/C15H15N7O2S/c1-9-4-5-16-14-18-11(20-22(9)14)13(24)21-7-2-3-10(21)12(23)19-15-17-6-8-25-15/h4-6,8,10H,2-3,7H2,1H3,(H,17,19,23). The number of amides is 2. The molecule has 4 rings (SSSR count). The summed E-state index contributed by atoms with van der Waals surface area (Å²) >= 11 is 1.34. The third-order valence-electron chi connectivity index (χ3n) is 4.10. The van der Waals surface area contributed by atoms with E-state index in [0.29, 0.717) is 23.9 Å². The predicted molar refractivity (Wildman–Crippen MR) is 90.3 cm³/mol. The first-order chi connectivity index (χ1) is 12.1. The maximum absolute atomic E-state index is 12.8. The molecule has 1 aliphatic heterocycles. The van der Waals surface area contributed by atoms with Gasteiger partial charge in [-0.15, -0.1) is 16.4 Å². The quantitative estimate of drug-likeness (QED) is 0.753. The number of fused-ring (bicyclic) bond motifs is 1. The van der Waals surface area contributed by atoms with Gasteiger partial charge in [-0.3, -0.25) is 9.59 Å². The highest BCUT2D eigenvalue weighted by Crippen LogP contribution is 2.21. The van der Waals surface area contributed by atoms with E-state index < -0.39 is 6.04 Å². The average molecular weight is 357 g/mol. The number of hydrogen-bond donors (Lipinski definition) is 1. The Balaban J connectivity index is 1.57. The van der Waals surface area contributed by atoms with Crippen LogP contribution in [0.2, 0.25) is 0 Å². The lowest BCUT2D eigenvalue weighted by atomic mass is 10.2. The molecule has 128 valence electrons. The Morgan fingerprint density at radius 2 is 2.20 bits per heavy atom. The summed E-state index contributed by atoms with van der Waals surface area (Å²) in [6.07, 6.45) is 4.60. The number of rotatable bonds is 3. The van der Waals surface area contributed by atoms with Crippen molar-refractivity contribution in [1.82, 2.24) is 29.5 Å². The summed E-state index contributed by atoms with van der Waals surface area (Å²) in [5, 5.41) is 9.29. The van der Waals surface area contributed by atoms with Gasteiger partial charge >= 0.3 is 0 Å². The van der Waals surface area contributed by atoms with E-state index in [4.69, 9.17) is 0 Å². The molecule has 0 aromatic carbocycles. The number of nitrogens with one attached hydrogen (secondary N) is 1. The molecule has 1 N–H and O–H groups in total. The molecule has 3 aromatic heterocycles. The van der Waals surface area contributed by atoms with Gasteiger partial charge in [0.1, 0.15) is 6.04 Å². The molecule has 0 radical (unpaired) electrons. The predicted octanol–water partition coefficient (Wildman–Crippen LogP) is 1.13. The molecule has 0 saturated carbocycles. The lowest BCUT2D eigenvalue weighted by molar-refractivity contribution is -0.119. The van der Waals surface area contributed by atoms with Crippen LogP contribution in [0.5, 0.6) is 0 Å². The summed E-state index contributed by atoms with van der Waals surface area (Å²) in [5.74, 6) is -0.178. The zero-order valence-corrected chi connectivity index (χ0v) is 14.2. The summed E-state index contributed by atoms with van der Waals surface area (Å²) in [5.41, 5.74) is 0.830. The number of thiazole rings is 1. The molecule has 4 heterocycles. The highest BCUT2D eigenvalue weighted by atomic mass is 32.1. The second-order valence-electron chi connectivity index (χ2n) is 5.72. The van der Waals surface area contributed by atoms with Crippen LogP contribution in [-0.4, -0.2) is 53.9 Å². The summed E-state index contributed by atoms with van der Waals surface area (Å²) in [6.45, 7) is 2.36. The van der Waals surface area contributed by atoms with Gasteiger partial charge < -0.3 is 10.2 Å². The van der Waals surface area contributed by atoms with E-state index in [1.54, 1.807) is 23.8 Å². The minimum atomic E-state index is -0.544. The van der Waals surface area contributed by atoms with Crippen molar-refractivity contribution in [3.8, 4) is 0 Å². The number of carbonyl (C=O) groups excluding carboxylic acids is 2. The van der Waals surface area contributed by atoms with E-state index in [9.17, 15) is 9.59 Å². The van der Waals surface area contributed by atoms with Crippen molar-refractivity contribution in [3.05, 3.63) is 35.4 Å². The lowest BCUT2D eigenvalue weighted by Crippen LogP contribution is -2.43. The van der Waals surface area contributed by atoms with Crippen LogP contribution in [0.3, 0.4) is 0 Å². The molecule has 1 saturated heterocycles. The third kappa shape index (κ3) is 2.84. The first kappa shape index (κ1) is 15.6. The van der Waals surface area contributed by atoms with Gasteiger partial charge in [0.05, 0.1) is 0 Å². The fourth-order valence-corrected chi connectivity index (χ4v) is 3.41. The molecular formula is C15H15N7O2S. The Hall–Kier alpha value is -2.88. The van der Waals surface area contributed by atoms with Crippen molar-refractivity contribution in [2.45, 2.75) is 25.8 Å². The minimum absolute atomic E-state index is 0.0516. The van der Waals surface area contributed by atoms with E-state index in [1.807, 2.05) is 6.92 Å². The molecule has 3 aromatic rings. The van der Waals surface area contributed by atoms with Crippen LogP contribution < -0.4 is 5.32 Å². The summed E-state index contributed by atoms with van der Waals surface area (Å²) in [4.78, 5) is 39.2. The van der Waals surface area contributed by atoms with Crippen LogP contribution >= 0.6 is 11.3 Å². The van der Waals surface area contributed by atoms with Crippen molar-refractivity contribution in [2.24, 2.45) is 0 Å². The van der Waals surface area contributed by atoms with Crippen molar-refractivity contribution < 1.29 is 9.59 Å². The highest BCUT2D eigenvalue weighted by molar-refractivity contribution is 7.13. The Bertz CT molecular complexity index is 937. The molecule has 1 unspecified atom stereocenters. The number of likely N-dealkylation sites (tertiary alicyclic amines) is 1. The third-order valence-corrected chi connectivity index (χ3v) is 4.79. The number of carbonyl (C=O) groups is 2. The van der Waals surface area contributed by atoms with Crippen LogP contribution in [-0.2, 0) is 4.79 Å². The van der Waals surface area contributed by atoms with Gasteiger partial charge in [-0.05, 0) is 25.8 Å². The van der Waals surface area contributed by atoms with Crippen LogP contribution in [0.4, 0.5) is 5.13 Å². The maximum Gasteiger partial charge on any atom is 0.294 e. The van der Waals surface area contributed by atoms with Crippen LogP contribution in [0, 0.1) is 6.92 Å². The molecule has 0 spiro atoms. The van der Waals surface area contributed by atoms with Crippen molar-refractivity contribution in [3.63, 3.8) is 0 Å². The Labute approximate surface area is 146 Å². The molecule has 0 bridgehead atoms. The van der Waals surface area contributed by atoms with Crippen molar-refractivity contribution >= 4 is 34.1 Å².